The Labute approximate surface area is 119 Å². The Morgan fingerprint density at radius 2 is 1.95 bits per heavy atom. The number of anilines is 1. The first-order chi connectivity index (χ1) is 9.67. The van der Waals surface area contributed by atoms with E-state index in [0.717, 1.165) is 16.9 Å². The standard InChI is InChI=1S/C15H20N4O/c1-16-13(14-15(20-4)18-9-8-17-14)11-6-5-7-12(10-11)19(2)3/h5-10,13,16H,1-4H3. The van der Waals surface area contributed by atoms with Crippen LogP contribution in [0.3, 0.4) is 0 Å². The average molecular weight is 272 g/mol. The van der Waals surface area contributed by atoms with Crippen LogP contribution in [-0.2, 0) is 0 Å². The van der Waals surface area contributed by atoms with Crippen molar-refractivity contribution in [2.75, 3.05) is 33.2 Å². The molecule has 0 aliphatic rings. The van der Waals surface area contributed by atoms with Crippen molar-refractivity contribution in [3.63, 3.8) is 0 Å². The van der Waals surface area contributed by atoms with E-state index in [2.05, 4.69) is 38.4 Å². The van der Waals surface area contributed by atoms with Crippen LogP contribution in [0.2, 0.25) is 0 Å². The van der Waals surface area contributed by atoms with Gasteiger partial charge in [-0.2, -0.15) is 0 Å². The van der Waals surface area contributed by atoms with Crippen LogP contribution >= 0.6 is 0 Å². The molecule has 0 fully saturated rings. The van der Waals surface area contributed by atoms with Gasteiger partial charge in [0.25, 0.3) is 0 Å². The second-order valence-corrected chi connectivity index (χ2v) is 4.66. The van der Waals surface area contributed by atoms with Crippen LogP contribution in [0.25, 0.3) is 0 Å². The third-order valence-electron chi connectivity index (χ3n) is 3.17. The topological polar surface area (TPSA) is 50.3 Å². The molecule has 0 aliphatic heterocycles. The minimum Gasteiger partial charge on any atom is -0.480 e. The van der Waals surface area contributed by atoms with Crippen molar-refractivity contribution in [3.8, 4) is 5.88 Å². The second-order valence-electron chi connectivity index (χ2n) is 4.66. The molecular formula is C15H20N4O. The Bertz CT molecular complexity index is 571. The molecule has 5 heteroatoms. The first-order valence-corrected chi connectivity index (χ1v) is 6.46. The van der Waals surface area contributed by atoms with Crippen molar-refractivity contribution in [2.24, 2.45) is 0 Å². The van der Waals surface area contributed by atoms with E-state index in [9.17, 15) is 0 Å². The summed E-state index contributed by atoms with van der Waals surface area (Å²) in [5.41, 5.74) is 3.05. The van der Waals surface area contributed by atoms with Gasteiger partial charge in [0.15, 0.2) is 0 Å². The molecule has 1 aromatic heterocycles. The molecule has 2 rings (SSSR count). The summed E-state index contributed by atoms with van der Waals surface area (Å²) in [7, 11) is 7.56. The molecule has 2 aromatic rings. The van der Waals surface area contributed by atoms with Crippen LogP contribution in [0.5, 0.6) is 5.88 Å². The number of aromatic nitrogens is 2. The van der Waals surface area contributed by atoms with Crippen LogP contribution in [0.15, 0.2) is 36.7 Å². The highest BCUT2D eigenvalue weighted by Gasteiger charge is 2.19. The van der Waals surface area contributed by atoms with E-state index in [1.54, 1.807) is 19.5 Å². The summed E-state index contributed by atoms with van der Waals surface area (Å²) in [5.74, 6) is 0.544. The molecule has 1 unspecified atom stereocenters. The van der Waals surface area contributed by atoms with E-state index < -0.39 is 0 Å². The average Bonchev–Trinajstić information content (AvgIpc) is 2.49. The molecule has 1 aromatic carbocycles. The van der Waals surface area contributed by atoms with Crippen LogP contribution in [-0.4, -0.2) is 38.2 Å². The van der Waals surface area contributed by atoms with E-state index in [-0.39, 0.29) is 6.04 Å². The largest absolute Gasteiger partial charge is 0.480 e. The Morgan fingerprint density at radius 3 is 2.60 bits per heavy atom. The number of nitrogens with one attached hydrogen (secondary N) is 1. The molecule has 5 nitrogen and oxygen atoms in total. The van der Waals surface area contributed by atoms with Crippen molar-refractivity contribution in [1.82, 2.24) is 15.3 Å². The summed E-state index contributed by atoms with van der Waals surface area (Å²) in [6, 6.07) is 8.26. The van der Waals surface area contributed by atoms with Crippen molar-refractivity contribution in [2.45, 2.75) is 6.04 Å². The van der Waals surface area contributed by atoms with Gasteiger partial charge >= 0.3 is 0 Å². The Kier molecular flexibility index (Phi) is 4.53. The number of rotatable bonds is 5. The molecule has 0 aliphatic carbocycles. The molecule has 0 saturated carbocycles. The summed E-state index contributed by atoms with van der Waals surface area (Å²) in [4.78, 5) is 10.7. The van der Waals surface area contributed by atoms with Gasteiger partial charge in [0, 0.05) is 32.2 Å². The third kappa shape index (κ3) is 2.88. The summed E-state index contributed by atoms with van der Waals surface area (Å²) in [6.45, 7) is 0. The minimum absolute atomic E-state index is 0.0569. The van der Waals surface area contributed by atoms with Crippen LogP contribution in [0, 0.1) is 0 Å². The molecule has 1 atom stereocenters. The maximum atomic E-state index is 5.30. The van der Waals surface area contributed by atoms with Gasteiger partial charge in [-0.15, -0.1) is 0 Å². The van der Waals surface area contributed by atoms with Crippen LogP contribution in [0.4, 0.5) is 5.69 Å². The molecule has 106 valence electrons. The first kappa shape index (κ1) is 14.3. The highest BCUT2D eigenvalue weighted by atomic mass is 16.5. The predicted octanol–water partition coefficient (Wildman–Crippen LogP) is 1.86. The van der Waals surface area contributed by atoms with Crippen LogP contribution < -0.4 is 15.0 Å². The number of methoxy groups -OCH3 is 1. The highest BCUT2D eigenvalue weighted by molar-refractivity contribution is 5.49. The minimum atomic E-state index is -0.0569. The van der Waals surface area contributed by atoms with Gasteiger partial charge in [-0.25, -0.2) is 4.98 Å². The lowest BCUT2D eigenvalue weighted by Gasteiger charge is -2.20. The van der Waals surface area contributed by atoms with Crippen LogP contribution in [0.1, 0.15) is 17.3 Å². The van der Waals surface area contributed by atoms with Gasteiger partial charge in [0.2, 0.25) is 5.88 Å². The molecular weight excluding hydrogens is 252 g/mol. The summed E-state index contributed by atoms with van der Waals surface area (Å²) in [6.07, 6.45) is 3.31. The molecule has 0 amide bonds. The smallest absolute Gasteiger partial charge is 0.237 e. The maximum Gasteiger partial charge on any atom is 0.237 e. The van der Waals surface area contributed by atoms with E-state index in [4.69, 9.17) is 4.74 Å². The molecule has 1 heterocycles. The number of ether oxygens (including phenoxy) is 1. The zero-order valence-corrected chi connectivity index (χ0v) is 12.3. The Balaban J connectivity index is 2.44. The molecule has 0 radical (unpaired) electrons. The quantitative estimate of drug-likeness (QED) is 0.900. The fraction of sp³-hybridized carbons (Fsp3) is 0.333. The number of nitrogens with zero attached hydrogens (tertiary/aromatic N) is 3. The van der Waals surface area contributed by atoms with Gasteiger partial charge < -0.3 is 15.0 Å². The Hall–Kier alpha value is -2.14. The van der Waals surface area contributed by atoms with Gasteiger partial charge in [-0.05, 0) is 24.7 Å². The Morgan fingerprint density at radius 1 is 1.20 bits per heavy atom. The van der Waals surface area contributed by atoms with Crippen molar-refractivity contribution in [3.05, 3.63) is 47.9 Å². The normalized spacial score (nSPS) is 12.0. The summed E-state index contributed by atoms with van der Waals surface area (Å²) >= 11 is 0. The monoisotopic (exact) mass is 272 g/mol. The number of hydrogen-bond donors (Lipinski definition) is 1. The second kappa shape index (κ2) is 6.34. The van der Waals surface area contributed by atoms with Gasteiger partial charge in [0.1, 0.15) is 5.69 Å². The zero-order valence-electron chi connectivity index (χ0n) is 12.3. The lowest BCUT2D eigenvalue weighted by Crippen LogP contribution is -2.20. The predicted molar refractivity (Wildman–Crippen MR) is 80.3 cm³/mol. The van der Waals surface area contributed by atoms with Gasteiger partial charge in [0.05, 0.1) is 13.2 Å². The zero-order chi connectivity index (χ0) is 14.5. The van der Waals surface area contributed by atoms with Crippen molar-refractivity contribution in [1.29, 1.82) is 0 Å². The van der Waals surface area contributed by atoms with E-state index in [0.29, 0.717) is 5.88 Å². The molecule has 0 bridgehead atoms. The maximum absolute atomic E-state index is 5.30. The highest BCUT2D eigenvalue weighted by Crippen LogP contribution is 2.27. The van der Waals surface area contributed by atoms with E-state index >= 15 is 0 Å². The summed E-state index contributed by atoms with van der Waals surface area (Å²) in [5, 5.41) is 3.27. The van der Waals surface area contributed by atoms with Crippen molar-refractivity contribution < 1.29 is 4.74 Å². The summed E-state index contributed by atoms with van der Waals surface area (Å²) < 4.78 is 5.30. The van der Waals surface area contributed by atoms with E-state index in [1.807, 2.05) is 27.2 Å². The SMILES string of the molecule is CNC(c1cccc(N(C)C)c1)c1nccnc1OC. The third-order valence-corrected chi connectivity index (χ3v) is 3.17. The molecule has 20 heavy (non-hydrogen) atoms. The lowest BCUT2D eigenvalue weighted by atomic mass is 10.0. The lowest BCUT2D eigenvalue weighted by molar-refractivity contribution is 0.384. The van der Waals surface area contributed by atoms with Gasteiger partial charge in [-0.1, -0.05) is 12.1 Å². The number of benzene rings is 1. The van der Waals surface area contributed by atoms with Crippen molar-refractivity contribution >= 4 is 5.69 Å². The molecule has 1 N–H and O–H groups in total. The fourth-order valence-corrected chi connectivity index (χ4v) is 2.14. The molecule has 0 saturated heterocycles. The first-order valence-electron chi connectivity index (χ1n) is 6.46. The molecule has 0 spiro atoms. The van der Waals surface area contributed by atoms with E-state index in [1.165, 1.54) is 0 Å². The van der Waals surface area contributed by atoms with Gasteiger partial charge in [-0.3, -0.25) is 4.98 Å². The number of hydrogen-bond acceptors (Lipinski definition) is 5. The fourth-order valence-electron chi connectivity index (χ4n) is 2.14.